The van der Waals surface area contributed by atoms with Crippen LogP contribution in [0.4, 0.5) is 5.95 Å². The van der Waals surface area contributed by atoms with Gasteiger partial charge in [-0.15, -0.1) is 0 Å². The maximum Gasteiger partial charge on any atom is 0.224 e. The number of rotatable bonds is 6. The van der Waals surface area contributed by atoms with Gasteiger partial charge in [-0.05, 0) is 26.3 Å². The Morgan fingerprint density at radius 2 is 2.18 bits per heavy atom. The highest BCUT2D eigenvalue weighted by Gasteiger charge is 2.05. The summed E-state index contributed by atoms with van der Waals surface area (Å²) in [7, 11) is 0. The van der Waals surface area contributed by atoms with Crippen LogP contribution in [0.1, 0.15) is 50.9 Å². The molecule has 17 heavy (non-hydrogen) atoms. The van der Waals surface area contributed by atoms with E-state index in [1.807, 2.05) is 13.0 Å². The van der Waals surface area contributed by atoms with Gasteiger partial charge in [0.05, 0.1) is 0 Å². The normalized spacial score (nSPS) is 11.9. The number of hydrogen-bond donors (Lipinski definition) is 1. The molecule has 0 aliphatic carbocycles. The number of nitriles is 1. The van der Waals surface area contributed by atoms with Crippen LogP contribution in [-0.4, -0.2) is 16.0 Å². The molecule has 1 unspecified atom stereocenters. The lowest BCUT2D eigenvalue weighted by molar-refractivity contribution is 0.612. The van der Waals surface area contributed by atoms with Crippen molar-refractivity contribution in [3.63, 3.8) is 0 Å². The van der Waals surface area contributed by atoms with E-state index in [0.717, 1.165) is 12.1 Å². The zero-order valence-corrected chi connectivity index (χ0v) is 10.8. The number of aromatic nitrogens is 2. The molecule has 0 amide bonds. The van der Waals surface area contributed by atoms with Crippen molar-refractivity contribution in [2.75, 3.05) is 5.32 Å². The van der Waals surface area contributed by atoms with E-state index in [0.29, 0.717) is 17.7 Å². The van der Waals surface area contributed by atoms with Crippen molar-refractivity contribution in [3.8, 4) is 6.07 Å². The van der Waals surface area contributed by atoms with Gasteiger partial charge in [0, 0.05) is 11.7 Å². The molecule has 1 N–H and O–H groups in total. The number of nitrogens with one attached hydrogen (secondary N) is 1. The highest BCUT2D eigenvalue weighted by atomic mass is 15.1. The van der Waals surface area contributed by atoms with E-state index in [-0.39, 0.29) is 0 Å². The lowest BCUT2D eigenvalue weighted by atomic mass is 10.1. The molecule has 4 heteroatoms. The van der Waals surface area contributed by atoms with Crippen LogP contribution in [-0.2, 0) is 0 Å². The summed E-state index contributed by atoms with van der Waals surface area (Å²) >= 11 is 0. The molecule has 0 aromatic carbocycles. The van der Waals surface area contributed by atoms with E-state index in [4.69, 9.17) is 5.26 Å². The number of nitrogens with zero attached hydrogens (tertiary/aromatic N) is 3. The summed E-state index contributed by atoms with van der Waals surface area (Å²) in [6.07, 6.45) is 4.80. The fourth-order valence-electron chi connectivity index (χ4n) is 1.68. The van der Waals surface area contributed by atoms with Crippen molar-refractivity contribution in [2.45, 2.75) is 52.5 Å². The molecule has 0 saturated heterocycles. The third-order valence-electron chi connectivity index (χ3n) is 2.58. The number of anilines is 1. The minimum atomic E-state index is 0.342. The van der Waals surface area contributed by atoms with Crippen LogP contribution in [0.5, 0.6) is 0 Å². The molecule has 4 nitrogen and oxygen atoms in total. The maximum atomic E-state index is 8.83. The minimum absolute atomic E-state index is 0.342. The molecule has 1 atom stereocenters. The first-order valence-corrected chi connectivity index (χ1v) is 6.18. The fourth-order valence-corrected chi connectivity index (χ4v) is 1.68. The molecule has 92 valence electrons. The van der Waals surface area contributed by atoms with Gasteiger partial charge in [-0.3, -0.25) is 0 Å². The van der Waals surface area contributed by atoms with Gasteiger partial charge in [-0.2, -0.15) is 5.26 Å². The molecule has 0 spiro atoms. The summed E-state index contributed by atoms with van der Waals surface area (Å²) in [5.41, 5.74) is 1.24. The van der Waals surface area contributed by atoms with Crippen molar-refractivity contribution < 1.29 is 0 Å². The van der Waals surface area contributed by atoms with Gasteiger partial charge in [0.25, 0.3) is 0 Å². The topological polar surface area (TPSA) is 61.6 Å². The van der Waals surface area contributed by atoms with Gasteiger partial charge >= 0.3 is 0 Å². The van der Waals surface area contributed by atoms with E-state index in [1.165, 1.54) is 19.3 Å². The van der Waals surface area contributed by atoms with Crippen LogP contribution in [0, 0.1) is 18.3 Å². The second kappa shape index (κ2) is 6.85. The van der Waals surface area contributed by atoms with Crippen LogP contribution >= 0.6 is 0 Å². The zero-order chi connectivity index (χ0) is 12.7. The van der Waals surface area contributed by atoms with Crippen LogP contribution in [0.2, 0.25) is 0 Å². The van der Waals surface area contributed by atoms with Gasteiger partial charge in [-0.25, -0.2) is 9.97 Å². The third-order valence-corrected chi connectivity index (χ3v) is 2.58. The summed E-state index contributed by atoms with van der Waals surface area (Å²) in [4.78, 5) is 8.41. The summed E-state index contributed by atoms with van der Waals surface area (Å²) in [5, 5.41) is 12.1. The molecule has 0 aliphatic heterocycles. The molecule has 1 aromatic heterocycles. The number of unbranched alkanes of at least 4 members (excludes halogenated alkanes) is 2. The Kier molecular flexibility index (Phi) is 5.41. The maximum absolute atomic E-state index is 8.83. The molecule has 0 fully saturated rings. The van der Waals surface area contributed by atoms with Crippen molar-refractivity contribution >= 4 is 5.95 Å². The smallest absolute Gasteiger partial charge is 0.224 e. The van der Waals surface area contributed by atoms with Crippen LogP contribution in [0.25, 0.3) is 0 Å². The minimum Gasteiger partial charge on any atom is -0.352 e. The Morgan fingerprint density at radius 1 is 1.41 bits per heavy atom. The third kappa shape index (κ3) is 4.81. The van der Waals surface area contributed by atoms with Crippen molar-refractivity contribution in [3.05, 3.63) is 17.5 Å². The van der Waals surface area contributed by atoms with E-state index in [2.05, 4.69) is 29.1 Å². The molecule has 1 aromatic rings. The molecule has 0 radical (unpaired) electrons. The predicted molar refractivity (Wildman–Crippen MR) is 68.7 cm³/mol. The van der Waals surface area contributed by atoms with Gasteiger partial charge in [0.15, 0.2) is 0 Å². The Labute approximate surface area is 103 Å². The van der Waals surface area contributed by atoms with Gasteiger partial charge < -0.3 is 5.32 Å². The largest absolute Gasteiger partial charge is 0.352 e. The van der Waals surface area contributed by atoms with Gasteiger partial charge in [0.1, 0.15) is 11.8 Å². The van der Waals surface area contributed by atoms with Crippen molar-refractivity contribution in [2.24, 2.45) is 0 Å². The Bertz CT molecular complexity index is 395. The van der Waals surface area contributed by atoms with Crippen LogP contribution in [0.15, 0.2) is 6.07 Å². The second-order valence-corrected chi connectivity index (χ2v) is 4.37. The zero-order valence-electron chi connectivity index (χ0n) is 10.8. The highest BCUT2D eigenvalue weighted by Crippen LogP contribution is 2.09. The summed E-state index contributed by atoms with van der Waals surface area (Å²) in [6.45, 7) is 6.18. The van der Waals surface area contributed by atoms with E-state index in [1.54, 1.807) is 6.07 Å². The first kappa shape index (κ1) is 13.4. The van der Waals surface area contributed by atoms with Crippen LogP contribution in [0.3, 0.4) is 0 Å². The second-order valence-electron chi connectivity index (χ2n) is 4.37. The Morgan fingerprint density at radius 3 is 2.82 bits per heavy atom. The van der Waals surface area contributed by atoms with E-state index >= 15 is 0 Å². The summed E-state index contributed by atoms with van der Waals surface area (Å²) < 4.78 is 0. The number of aryl methyl sites for hydroxylation is 1. The average Bonchev–Trinajstić information content (AvgIpc) is 2.28. The molecule has 0 bridgehead atoms. The SMILES string of the molecule is CCCCCC(C)Nc1nc(C)cc(C#N)n1. The first-order valence-electron chi connectivity index (χ1n) is 6.18. The molecule has 0 aliphatic rings. The van der Waals surface area contributed by atoms with Crippen molar-refractivity contribution in [1.29, 1.82) is 5.26 Å². The molecule has 1 heterocycles. The Hall–Kier alpha value is -1.63. The quantitative estimate of drug-likeness (QED) is 0.766. The molecule has 0 saturated carbocycles. The number of hydrogen-bond acceptors (Lipinski definition) is 4. The average molecular weight is 232 g/mol. The Balaban J connectivity index is 2.56. The molecular weight excluding hydrogens is 212 g/mol. The van der Waals surface area contributed by atoms with Gasteiger partial charge in [-0.1, -0.05) is 26.2 Å². The lowest BCUT2D eigenvalue weighted by Gasteiger charge is -2.13. The predicted octanol–water partition coefficient (Wildman–Crippen LogP) is 3.04. The van der Waals surface area contributed by atoms with Crippen LogP contribution < -0.4 is 5.32 Å². The van der Waals surface area contributed by atoms with E-state index < -0.39 is 0 Å². The standard InChI is InChI=1S/C13H20N4/c1-4-5-6-7-10(2)15-13-16-11(3)8-12(9-14)17-13/h8,10H,4-7H2,1-3H3,(H,15,16,17). The van der Waals surface area contributed by atoms with Crippen molar-refractivity contribution in [1.82, 2.24) is 9.97 Å². The summed E-state index contributed by atoms with van der Waals surface area (Å²) in [5.74, 6) is 0.561. The highest BCUT2D eigenvalue weighted by molar-refractivity contribution is 5.33. The molecule has 1 rings (SSSR count). The molecular formula is C13H20N4. The fraction of sp³-hybridized carbons (Fsp3) is 0.615. The lowest BCUT2D eigenvalue weighted by Crippen LogP contribution is -2.17. The first-order chi connectivity index (χ1) is 8.15. The summed E-state index contributed by atoms with van der Waals surface area (Å²) in [6, 6.07) is 4.07. The van der Waals surface area contributed by atoms with Gasteiger partial charge in [0.2, 0.25) is 5.95 Å². The van der Waals surface area contributed by atoms with E-state index in [9.17, 15) is 0 Å². The monoisotopic (exact) mass is 232 g/mol.